The summed E-state index contributed by atoms with van der Waals surface area (Å²) >= 11 is 0. The Balaban J connectivity index is 1.50. The normalized spacial score (nSPS) is 19.8. The molecule has 1 amide bonds. The minimum Gasteiger partial charge on any atom is -0.491 e. The number of benzene rings is 1. The van der Waals surface area contributed by atoms with Gasteiger partial charge in [-0.25, -0.2) is 0 Å². The van der Waals surface area contributed by atoms with Crippen LogP contribution in [-0.4, -0.2) is 41.9 Å². The number of para-hydroxylation sites is 1. The van der Waals surface area contributed by atoms with Crippen LogP contribution in [0.15, 0.2) is 30.6 Å². The molecule has 2 atom stereocenters. The lowest BCUT2D eigenvalue weighted by Gasteiger charge is -2.17. The Morgan fingerprint density at radius 3 is 2.80 bits per heavy atom. The molecule has 1 saturated heterocycles. The standard InChI is InChI=1S/C19H26N4O2/c1-13-5-4-6-14(2)18(13)25-8-7-21-19(24)17-11-20-10-16(17)15-9-22-23(3)12-15/h4-6,9,12,16-17,20H,7-8,10-11H2,1-3H3,(H,21,24)/t16-,17+/m1/s1. The Morgan fingerprint density at radius 2 is 2.12 bits per heavy atom. The molecule has 0 bridgehead atoms. The molecule has 0 radical (unpaired) electrons. The zero-order chi connectivity index (χ0) is 17.8. The second-order valence-corrected chi connectivity index (χ2v) is 6.68. The molecular weight excluding hydrogens is 316 g/mol. The van der Waals surface area contributed by atoms with E-state index in [4.69, 9.17) is 4.74 Å². The topological polar surface area (TPSA) is 68.2 Å². The minimum absolute atomic E-state index is 0.0654. The smallest absolute Gasteiger partial charge is 0.225 e. The lowest BCUT2D eigenvalue weighted by Crippen LogP contribution is -2.36. The van der Waals surface area contributed by atoms with Crippen molar-refractivity contribution in [3.63, 3.8) is 0 Å². The third-order valence-corrected chi connectivity index (χ3v) is 4.76. The third-order valence-electron chi connectivity index (χ3n) is 4.76. The van der Waals surface area contributed by atoms with Crippen LogP contribution in [0, 0.1) is 19.8 Å². The molecule has 134 valence electrons. The van der Waals surface area contributed by atoms with E-state index in [0.29, 0.717) is 19.7 Å². The SMILES string of the molecule is Cc1cccc(C)c1OCCNC(=O)[C@H]1CNC[C@@H]1c1cnn(C)c1. The van der Waals surface area contributed by atoms with Crippen LogP contribution in [0.1, 0.15) is 22.6 Å². The van der Waals surface area contributed by atoms with Crippen LogP contribution in [-0.2, 0) is 11.8 Å². The van der Waals surface area contributed by atoms with E-state index < -0.39 is 0 Å². The number of nitrogens with one attached hydrogen (secondary N) is 2. The van der Waals surface area contributed by atoms with Crippen LogP contribution in [0.2, 0.25) is 0 Å². The number of ether oxygens (including phenoxy) is 1. The highest BCUT2D eigenvalue weighted by atomic mass is 16.5. The zero-order valence-electron chi connectivity index (χ0n) is 15.1. The maximum absolute atomic E-state index is 12.5. The lowest BCUT2D eigenvalue weighted by atomic mass is 9.90. The van der Waals surface area contributed by atoms with Crippen molar-refractivity contribution in [2.24, 2.45) is 13.0 Å². The molecule has 1 aromatic heterocycles. The van der Waals surface area contributed by atoms with Gasteiger partial charge in [-0.1, -0.05) is 18.2 Å². The van der Waals surface area contributed by atoms with Gasteiger partial charge in [0.05, 0.1) is 18.7 Å². The lowest BCUT2D eigenvalue weighted by molar-refractivity contribution is -0.124. The molecule has 1 fully saturated rings. The number of carbonyl (C=O) groups is 1. The van der Waals surface area contributed by atoms with Crippen LogP contribution in [0.25, 0.3) is 0 Å². The second-order valence-electron chi connectivity index (χ2n) is 6.68. The van der Waals surface area contributed by atoms with E-state index >= 15 is 0 Å². The van der Waals surface area contributed by atoms with Gasteiger partial charge in [0.25, 0.3) is 0 Å². The monoisotopic (exact) mass is 342 g/mol. The molecule has 1 aliphatic rings. The van der Waals surface area contributed by atoms with Crippen LogP contribution < -0.4 is 15.4 Å². The summed E-state index contributed by atoms with van der Waals surface area (Å²) in [5.41, 5.74) is 3.34. The number of carbonyl (C=O) groups excluding carboxylic acids is 1. The maximum atomic E-state index is 12.5. The largest absolute Gasteiger partial charge is 0.491 e. The van der Waals surface area contributed by atoms with Gasteiger partial charge in [-0.2, -0.15) is 5.10 Å². The Kier molecular flexibility index (Phi) is 5.38. The van der Waals surface area contributed by atoms with Crippen LogP contribution in [0.5, 0.6) is 5.75 Å². The Morgan fingerprint density at radius 1 is 1.36 bits per heavy atom. The van der Waals surface area contributed by atoms with E-state index in [1.807, 2.05) is 51.5 Å². The summed E-state index contributed by atoms with van der Waals surface area (Å²) in [6, 6.07) is 6.08. The fraction of sp³-hybridized carbons (Fsp3) is 0.474. The van der Waals surface area contributed by atoms with Gasteiger partial charge in [-0.05, 0) is 30.5 Å². The van der Waals surface area contributed by atoms with Crippen LogP contribution in [0.4, 0.5) is 0 Å². The second kappa shape index (κ2) is 7.70. The molecule has 0 spiro atoms. The van der Waals surface area contributed by atoms with Crippen LogP contribution >= 0.6 is 0 Å². The summed E-state index contributed by atoms with van der Waals surface area (Å²) in [7, 11) is 1.89. The zero-order valence-corrected chi connectivity index (χ0v) is 15.1. The highest BCUT2D eigenvalue weighted by Gasteiger charge is 2.34. The van der Waals surface area contributed by atoms with E-state index in [1.54, 1.807) is 4.68 Å². The molecule has 3 rings (SSSR count). The molecule has 0 saturated carbocycles. The van der Waals surface area contributed by atoms with Crippen molar-refractivity contribution < 1.29 is 9.53 Å². The predicted molar refractivity (Wildman–Crippen MR) is 96.7 cm³/mol. The quantitative estimate of drug-likeness (QED) is 0.782. The first-order valence-corrected chi connectivity index (χ1v) is 8.72. The number of hydrogen-bond acceptors (Lipinski definition) is 4. The number of amides is 1. The first-order valence-electron chi connectivity index (χ1n) is 8.72. The van der Waals surface area contributed by atoms with Crippen molar-refractivity contribution in [3.05, 3.63) is 47.3 Å². The van der Waals surface area contributed by atoms with E-state index in [2.05, 4.69) is 15.7 Å². The van der Waals surface area contributed by atoms with Gasteiger partial charge >= 0.3 is 0 Å². The third kappa shape index (κ3) is 4.02. The van der Waals surface area contributed by atoms with Crippen molar-refractivity contribution in [2.75, 3.05) is 26.2 Å². The Hall–Kier alpha value is -2.34. The molecule has 1 aliphatic heterocycles. The minimum atomic E-state index is -0.0654. The average molecular weight is 342 g/mol. The summed E-state index contributed by atoms with van der Waals surface area (Å²) in [6.07, 6.45) is 3.84. The summed E-state index contributed by atoms with van der Waals surface area (Å²) in [5, 5.41) is 10.5. The molecule has 2 heterocycles. The first-order chi connectivity index (χ1) is 12.1. The fourth-order valence-corrected chi connectivity index (χ4v) is 3.42. The van der Waals surface area contributed by atoms with Crippen molar-refractivity contribution in [1.29, 1.82) is 0 Å². The van der Waals surface area contributed by atoms with E-state index in [-0.39, 0.29) is 17.7 Å². The van der Waals surface area contributed by atoms with Gasteiger partial charge in [-0.15, -0.1) is 0 Å². The first kappa shape index (κ1) is 17.5. The van der Waals surface area contributed by atoms with Gasteiger partial charge in [0.2, 0.25) is 5.91 Å². The molecule has 2 N–H and O–H groups in total. The summed E-state index contributed by atoms with van der Waals surface area (Å²) in [6.45, 7) is 6.54. The molecule has 6 heteroatoms. The van der Waals surface area contributed by atoms with E-state index in [9.17, 15) is 4.79 Å². The van der Waals surface area contributed by atoms with Gasteiger partial charge in [-0.3, -0.25) is 9.48 Å². The van der Waals surface area contributed by atoms with E-state index in [1.165, 1.54) is 0 Å². The van der Waals surface area contributed by atoms with Gasteiger partial charge in [0.15, 0.2) is 0 Å². The summed E-state index contributed by atoms with van der Waals surface area (Å²) in [4.78, 5) is 12.5. The predicted octanol–water partition coefficient (Wildman–Crippen LogP) is 1.54. The number of aromatic nitrogens is 2. The van der Waals surface area contributed by atoms with Crippen molar-refractivity contribution in [2.45, 2.75) is 19.8 Å². The molecule has 0 unspecified atom stereocenters. The van der Waals surface area contributed by atoms with E-state index in [0.717, 1.165) is 29.0 Å². The Labute approximate surface area is 148 Å². The number of hydrogen-bond donors (Lipinski definition) is 2. The highest BCUT2D eigenvalue weighted by molar-refractivity contribution is 5.80. The van der Waals surface area contributed by atoms with Crippen molar-refractivity contribution in [3.8, 4) is 5.75 Å². The van der Waals surface area contributed by atoms with Crippen LogP contribution in [0.3, 0.4) is 0 Å². The number of rotatable bonds is 6. The van der Waals surface area contributed by atoms with Crippen molar-refractivity contribution in [1.82, 2.24) is 20.4 Å². The molecular formula is C19H26N4O2. The highest BCUT2D eigenvalue weighted by Crippen LogP contribution is 2.28. The molecule has 6 nitrogen and oxygen atoms in total. The summed E-state index contributed by atoms with van der Waals surface area (Å²) in [5.74, 6) is 1.09. The maximum Gasteiger partial charge on any atom is 0.225 e. The average Bonchev–Trinajstić information content (AvgIpc) is 3.22. The molecule has 2 aromatic rings. The molecule has 1 aromatic carbocycles. The fourth-order valence-electron chi connectivity index (χ4n) is 3.42. The molecule has 0 aliphatic carbocycles. The number of nitrogens with zero attached hydrogens (tertiary/aromatic N) is 2. The Bertz CT molecular complexity index is 721. The summed E-state index contributed by atoms with van der Waals surface area (Å²) < 4.78 is 7.63. The number of aryl methyl sites for hydroxylation is 3. The van der Waals surface area contributed by atoms with Gasteiger partial charge in [0, 0.05) is 32.3 Å². The van der Waals surface area contributed by atoms with Gasteiger partial charge < -0.3 is 15.4 Å². The molecule has 25 heavy (non-hydrogen) atoms. The van der Waals surface area contributed by atoms with Crippen molar-refractivity contribution >= 4 is 5.91 Å². The van der Waals surface area contributed by atoms with Gasteiger partial charge in [0.1, 0.15) is 12.4 Å².